The Morgan fingerprint density at radius 1 is 1.06 bits per heavy atom. The topological polar surface area (TPSA) is 104 Å². The van der Waals surface area contributed by atoms with E-state index in [0.717, 1.165) is 4.31 Å². The number of nitrogens with one attached hydrogen (secondary N) is 1. The molecule has 8 nitrogen and oxygen atoms in total. The SMILES string of the molecule is CC(C)NC(=O)C(C)N(Cc1ccccc1F)C(=O)CCCN1C(=O)c2ccccc2S1(=O)=O. The summed E-state index contributed by atoms with van der Waals surface area (Å²) in [6.07, 6.45) is -0.0620. The van der Waals surface area contributed by atoms with Crippen molar-refractivity contribution in [2.45, 2.75) is 57.1 Å². The third kappa shape index (κ3) is 5.27. The van der Waals surface area contributed by atoms with E-state index in [1.807, 2.05) is 0 Å². The quantitative estimate of drug-likeness (QED) is 0.583. The Kier molecular flexibility index (Phi) is 7.71. The maximum absolute atomic E-state index is 14.3. The van der Waals surface area contributed by atoms with Crippen molar-refractivity contribution in [2.75, 3.05) is 6.54 Å². The molecule has 1 unspecified atom stereocenters. The lowest BCUT2D eigenvalue weighted by Gasteiger charge is -2.29. The second-order valence-corrected chi connectivity index (χ2v) is 10.3. The molecule has 34 heavy (non-hydrogen) atoms. The first-order chi connectivity index (χ1) is 16.0. The zero-order valence-corrected chi connectivity index (χ0v) is 20.1. The minimum Gasteiger partial charge on any atom is -0.352 e. The van der Waals surface area contributed by atoms with Crippen molar-refractivity contribution in [3.8, 4) is 0 Å². The lowest BCUT2D eigenvalue weighted by Crippen LogP contribution is -2.49. The summed E-state index contributed by atoms with van der Waals surface area (Å²) in [7, 11) is -3.97. The molecule has 1 atom stereocenters. The van der Waals surface area contributed by atoms with Crippen LogP contribution in [-0.4, -0.2) is 54.0 Å². The average molecular weight is 490 g/mol. The summed E-state index contributed by atoms with van der Waals surface area (Å²) in [5.74, 6) is -1.96. The number of rotatable bonds is 9. The fourth-order valence-electron chi connectivity index (χ4n) is 3.77. The highest BCUT2D eigenvalue weighted by molar-refractivity contribution is 7.90. The summed E-state index contributed by atoms with van der Waals surface area (Å²) in [6, 6.07) is 10.9. The predicted octanol–water partition coefficient (Wildman–Crippen LogP) is 2.69. The summed E-state index contributed by atoms with van der Waals surface area (Å²) in [5.41, 5.74) is 0.363. The van der Waals surface area contributed by atoms with Crippen LogP contribution in [0.5, 0.6) is 0 Å². The molecule has 1 aliphatic rings. The van der Waals surface area contributed by atoms with Crippen LogP contribution in [0.15, 0.2) is 53.4 Å². The van der Waals surface area contributed by atoms with Crippen LogP contribution < -0.4 is 5.32 Å². The lowest BCUT2D eigenvalue weighted by atomic mass is 10.1. The van der Waals surface area contributed by atoms with Crippen molar-refractivity contribution in [3.63, 3.8) is 0 Å². The number of halogens is 1. The van der Waals surface area contributed by atoms with Crippen LogP contribution in [-0.2, 0) is 26.2 Å². The van der Waals surface area contributed by atoms with Gasteiger partial charge in [-0.3, -0.25) is 14.4 Å². The molecular formula is C24H28FN3O5S. The Balaban J connectivity index is 1.72. The maximum Gasteiger partial charge on any atom is 0.269 e. The third-order valence-corrected chi connectivity index (χ3v) is 7.40. The van der Waals surface area contributed by atoms with Gasteiger partial charge in [0.05, 0.1) is 5.56 Å². The fourth-order valence-corrected chi connectivity index (χ4v) is 5.37. The van der Waals surface area contributed by atoms with Crippen molar-refractivity contribution in [1.82, 2.24) is 14.5 Å². The normalized spacial score (nSPS) is 15.2. The summed E-state index contributed by atoms with van der Waals surface area (Å²) in [4.78, 5) is 39.5. The summed E-state index contributed by atoms with van der Waals surface area (Å²) in [5, 5.41) is 2.75. The molecular weight excluding hydrogens is 461 g/mol. The molecule has 0 aromatic heterocycles. The zero-order valence-electron chi connectivity index (χ0n) is 19.3. The number of hydrogen-bond acceptors (Lipinski definition) is 5. The van der Waals surface area contributed by atoms with Gasteiger partial charge < -0.3 is 10.2 Å². The van der Waals surface area contributed by atoms with E-state index in [1.54, 1.807) is 39.0 Å². The van der Waals surface area contributed by atoms with Crippen LogP contribution in [0.25, 0.3) is 0 Å². The minimum atomic E-state index is -3.97. The van der Waals surface area contributed by atoms with E-state index in [9.17, 15) is 27.2 Å². The average Bonchev–Trinajstić information content (AvgIpc) is 2.98. The summed E-state index contributed by atoms with van der Waals surface area (Å²) < 4.78 is 40.4. The number of fused-ring (bicyclic) bond motifs is 1. The van der Waals surface area contributed by atoms with E-state index in [-0.39, 0.29) is 53.9 Å². The first-order valence-electron chi connectivity index (χ1n) is 11.0. The summed E-state index contributed by atoms with van der Waals surface area (Å²) in [6.45, 7) is 4.84. The van der Waals surface area contributed by atoms with Gasteiger partial charge in [0.2, 0.25) is 11.8 Å². The van der Waals surface area contributed by atoms with E-state index < -0.39 is 33.7 Å². The molecule has 3 rings (SSSR count). The molecule has 1 aliphatic heterocycles. The lowest BCUT2D eigenvalue weighted by molar-refractivity contribution is -0.141. The Hall–Kier alpha value is -3.27. The monoisotopic (exact) mass is 489 g/mol. The molecule has 0 radical (unpaired) electrons. The first-order valence-corrected chi connectivity index (χ1v) is 12.5. The number of benzene rings is 2. The van der Waals surface area contributed by atoms with Crippen LogP contribution in [0.2, 0.25) is 0 Å². The third-order valence-electron chi connectivity index (χ3n) is 5.56. The molecule has 0 saturated carbocycles. The van der Waals surface area contributed by atoms with Crippen LogP contribution >= 0.6 is 0 Å². The van der Waals surface area contributed by atoms with Gasteiger partial charge >= 0.3 is 0 Å². The molecule has 2 aromatic carbocycles. The molecule has 0 saturated heterocycles. The van der Waals surface area contributed by atoms with Crippen LogP contribution in [0.1, 0.15) is 49.5 Å². The van der Waals surface area contributed by atoms with E-state index in [1.165, 1.54) is 35.2 Å². The van der Waals surface area contributed by atoms with E-state index in [2.05, 4.69) is 5.32 Å². The highest BCUT2D eigenvalue weighted by Gasteiger charge is 2.40. The van der Waals surface area contributed by atoms with E-state index >= 15 is 0 Å². The number of sulfonamides is 1. The highest BCUT2D eigenvalue weighted by atomic mass is 32.2. The second kappa shape index (κ2) is 10.3. The number of carbonyl (C=O) groups excluding carboxylic acids is 3. The molecule has 0 spiro atoms. The molecule has 0 fully saturated rings. The molecule has 2 aromatic rings. The van der Waals surface area contributed by atoms with Crippen molar-refractivity contribution < 1.29 is 27.2 Å². The summed E-state index contributed by atoms with van der Waals surface area (Å²) >= 11 is 0. The smallest absolute Gasteiger partial charge is 0.269 e. The van der Waals surface area contributed by atoms with Gasteiger partial charge in [-0.15, -0.1) is 0 Å². The maximum atomic E-state index is 14.3. The number of amides is 3. The molecule has 0 aliphatic carbocycles. The van der Waals surface area contributed by atoms with Gasteiger partial charge in [0.25, 0.3) is 15.9 Å². The standard InChI is InChI=1S/C24H28FN3O5S/c1-16(2)26-23(30)17(3)27(15-18-9-4-6-11-20(18)25)22(29)13-8-14-28-24(31)19-10-5-7-12-21(19)34(28,32)33/h4-7,9-12,16-17H,8,13-15H2,1-3H3,(H,26,30). The molecule has 10 heteroatoms. The Bertz CT molecular complexity index is 1200. The number of carbonyl (C=O) groups is 3. The molecule has 3 amide bonds. The van der Waals surface area contributed by atoms with Gasteiger partial charge in [-0.1, -0.05) is 30.3 Å². The molecule has 182 valence electrons. The second-order valence-electron chi connectivity index (χ2n) is 8.43. The molecule has 0 bridgehead atoms. The van der Waals surface area contributed by atoms with Crippen LogP contribution in [0.4, 0.5) is 4.39 Å². The van der Waals surface area contributed by atoms with Gasteiger partial charge in [-0.25, -0.2) is 17.1 Å². The van der Waals surface area contributed by atoms with Crippen LogP contribution in [0, 0.1) is 5.82 Å². The van der Waals surface area contributed by atoms with E-state index in [0.29, 0.717) is 0 Å². The molecule has 1 heterocycles. The van der Waals surface area contributed by atoms with Crippen molar-refractivity contribution in [1.29, 1.82) is 0 Å². The Morgan fingerprint density at radius 2 is 1.71 bits per heavy atom. The van der Waals surface area contributed by atoms with E-state index in [4.69, 9.17) is 0 Å². The molecule has 1 N–H and O–H groups in total. The van der Waals surface area contributed by atoms with Crippen molar-refractivity contribution in [3.05, 3.63) is 65.5 Å². The van der Waals surface area contributed by atoms with Crippen molar-refractivity contribution in [2.24, 2.45) is 0 Å². The van der Waals surface area contributed by atoms with Gasteiger partial charge in [-0.2, -0.15) is 0 Å². The highest BCUT2D eigenvalue weighted by Crippen LogP contribution is 2.30. The fraction of sp³-hybridized carbons (Fsp3) is 0.375. The van der Waals surface area contributed by atoms with Crippen LogP contribution in [0.3, 0.4) is 0 Å². The minimum absolute atomic E-state index is 0.0496. The zero-order chi connectivity index (χ0) is 25.0. The first kappa shape index (κ1) is 25.4. The van der Waals surface area contributed by atoms with Gasteiger partial charge in [-0.05, 0) is 45.4 Å². The Morgan fingerprint density at radius 3 is 2.35 bits per heavy atom. The number of nitrogens with zero attached hydrogens (tertiary/aromatic N) is 2. The largest absolute Gasteiger partial charge is 0.352 e. The Labute approximate surface area is 198 Å². The van der Waals surface area contributed by atoms with Gasteiger partial charge in [0.1, 0.15) is 16.8 Å². The predicted molar refractivity (Wildman–Crippen MR) is 124 cm³/mol. The van der Waals surface area contributed by atoms with Gasteiger partial charge in [0, 0.05) is 31.1 Å². The van der Waals surface area contributed by atoms with Crippen molar-refractivity contribution >= 4 is 27.7 Å². The van der Waals surface area contributed by atoms with Gasteiger partial charge in [0.15, 0.2) is 0 Å². The number of hydrogen-bond donors (Lipinski definition) is 1.